The highest BCUT2D eigenvalue weighted by molar-refractivity contribution is 5.13. The van der Waals surface area contributed by atoms with E-state index in [1.807, 2.05) is 0 Å². The van der Waals surface area contributed by atoms with Crippen molar-refractivity contribution in [3.63, 3.8) is 0 Å². The van der Waals surface area contributed by atoms with Crippen molar-refractivity contribution in [2.24, 2.45) is 5.73 Å². The van der Waals surface area contributed by atoms with Gasteiger partial charge in [-0.15, -0.1) is 0 Å². The first-order valence-electron chi connectivity index (χ1n) is 6.08. The fourth-order valence-electron chi connectivity index (χ4n) is 2.09. The van der Waals surface area contributed by atoms with Crippen LogP contribution in [-0.4, -0.2) is 29.2 Å². The summed E-state index contributed by atoms with van der Waals surface area (Å²) < 4.78 is 10.8. The molecular weight excluding hydrogens is 218 g/mol. The van der Waals surface area contributed by atoms with Crippen LogP contribution in [0.1, 0.15) is 32.1 Å². The highest BCUT2D eigenvalue weighted by Crippen LogP contribution is 2.21. The number of hydrogen-bond donors (Lipinski definition) is 1. The SMILES string of the molecule is COc1cncc(OC2CCCCCC2N)n1. The molecule has 0 amide bonds. The van der Waals surface area contributed by atoms with Gasteiger partial charge in [0.25, 0.3) is 0 Å². The van der Waals surface area contributed by atoms with Gasteiger partial charge in [0.1, 0.15) is 6.10 Å². The van der Waals surface area contributed by atoms with Crippen LogP contribution >= 0.6 is 0 Å². The van der Waals surface area contributed by atoms with Gasteiger partial charge in [0, 0.05) is 6.04 Å². The van der Waals surface area contributed by atoms with Crippen LogP contribution in [0.25, 0.3) is 0 Å². The maximum atomic E-state index is 6.09. The van der Waals surface area contributed by atoms with Crippen molar-refractivity contribution in [2.75, 3.05) is 7.11 Å². The first-order valence-corrected chi connectivity index (χ1v) is 6.08. The maximum absolute atomic E-state index is 6.09. The molecule has 2 rings (SSSR count). The molecule has 0 spiro atoms. The van der Waals surface area contributed by atoms with Gasteiger partial charge in [-0.25, -0.2) is 0 Å². The molecular formula is C12H19N3O2. The van der Waals surface area contributed by atoms with Crippen molar-refractivity contribution in [1.29, 1.82) is 0 Å². The third kappa shape index (κ3) is 3.30. The zero-order chi connectivity index (χ0) is 12.1. The maximum Gasteiger partial charge on any atom is 0.235 e. The smallest absolute Gasteiger partial charge is 0.235 e. The predicted octanol–water partition coefficient (Wildman–Crippen LogP) is 1.52. The fourth-order valence-corrected chi connectivity index (χ4v) is 2.09. The van der Waals surface area contributed by atoms with E-state index in [0.717, 1.165) is 19.3 Å². The quantitative estimate of drug-likeness (QED) is 0.807. The Labute approximate surface area is 101 Å². The highest BCUT2D eigenvalue weighted by atomic mass is 16.5. The lowest BCUT2D eigenvalue weighted by Crippen LogP contribution is -2.38. The Kier molecular flexibility index (Phi) is 4.14. The normalized spacial score (nSPS) is 25.1. The van der Waals surface area contributed by atoms with E-state index >= 15 is 0 Å². The van der Waals surface area contributed by atoms with E-state index in [4.69, 9.17) is 15.2 Å². The van der Waals surface area contributed by atoms with Crippen LogP contribution in [0.2, 0.25) is 0 Å². The van der Waals surface area contributed by atoms with E-state index in [1.165, 1.54) is 12.8 Å². The summed E-state index contributed by atoms with van der Waals surface area (Å²) in [5, 5.41) is 0. The molecule has 1 aromatic heterocycles. The number of methoxy groups -OCH3 is 1. The molecule has 1 heterocycles. The molecule has 0 aromatic carbocycles. The van der Waals surface area contributed by atoms with Gasteiger partial charge in [-0.2, -0.15) is 4.98 Å². The third-order valence-corrected chi connectivity index (χ3v) is 3.08. The molecule has 5 heteroatoms. The summed E-state index contributed by atoms with van der Waals surface area (Å²) in [6.07, 6.45) is 8.78. The largest absolute Gasteiger partial charge is 0.480 e. The van der Waals surface area contributed by atoms with Crippen molar-refractivity contribution in [3.8, 4) is 11.8 Å². The van der Waals surface area contributed by atoms with E-state index in [9.17, 15) is 0 Å². The second-order valence-corrected chi connectivity index (χ2v) is 4.36. The average Bonchev–Trinajstić information content (AvgIpc) is 2.55. The monoisotopic (exact) mass is 237 g/mol. The van der Waals surface area contributed by atoms with E-state index in [1.54, 1.807) is 19.5 Å². The van der Waals surface area contributed by atoms with Gasteiger partial charge in [0.05, 0.1) is 19.5 Å². The van der Waals surface area contributed by atoms with Crippen LogP contribution < -0.4 is 15.2 Å². The summed E-state index contributed by atoms with van der Waals surface area (Å²) in [6.45, 7) is 0. The molecule has 0 saturated heterocycles. The van der Waals surface area contributed by atoms with Gasteiger partial charge in [-0.05, 0) is 19.3 Å². The van der Waals surface area contributed by atoms with Gasteiger partial charge in [0.15, 0.2) is 0 Å². The molecule has 2 unspecified atom stereocenters. The minimum absolute atomic E-state index is 0.0407. The van der Waals surface area contributed by atoms with Crippen LogP contribution in [-0.2, 0) is 0 Å². The second kappa shape index (κ2) is 5.82. The van der Waals surface area contributed by atoms with Crippen LogP contribution in [0.15, 0.2) is 12.4 Å². The number of ether oxygens (including phenoxy) is 2. The lowest BCUT2D eigenvalue weighted by atomic mass is 10.1. The molecule has 17 heavy (non-hydrogen) atoms. The lowest BCUT2D eigenvalue weighted by Gasteiger charge is -2.22. The second-order valence-electron chi connectivity index (χ2n) is 4.36. The standard InChI is InChI=1S/C12H19N3O2/c1-16-11-7-14-8-12(15-11)17-10-6-4-2-3-5-9(10)13/h7-10H,2-6,13H2,1H3. The summed E-state index contributed by atoms with van der Waals surface area (Å²) in [6, 6.07) is 0.0884. The molecule has 0 aliphatic heterocycles. The average molecular weight is 237 g/mol. The first kappa shape index (κ1) is 12.1. The van der Waals surface area contributed by atoms with E-state index in [-0.39, 0.29) is 12.1 Å². The van der Waals surface area contributed by atoms with Gasteiger partial charge in [0.2, 0.25) is 11.8 Å². The molecule has 2 N–H and O–H groups in total. The fraction of sp³-hybridized carbons (Fsp3) is 0.667. The van der Waals surface area contributed by atoms with Crippen LogP contribution in [0.5, 0.6) is 11.8 Å². The third-order valence-electron chi connectivity index (χ3n) is 3.08. The first-order chi connectivity index (χ1) is 8.29. The predicted molar refractivity (Wildman–Crippen MR) is 64.1 cm³/mol. The number of rotatable bonds is 3. The Balaban J connectivity index is 2.02. The van der Waals surface area contributed by atoms with Crippen molar-refractivity contribution >= 4 is 0 Å². The number of hydrogen-bond acceptors (Lipinski definition) is 5. The number of nitrogens with two attached hydrogens (primary N) is 1. The van der Waals surface area contributed by atoms with Gasteiger partial charge in [-0.1, -0.05) is 12.8 Å². The molecule has 1 saturated carbocycles. The summed E-state index contributed by atoms with van der Waals surface area (Å²) in [7, 11) is 1.56. The highest BCUT2D eigenvalue weighted by Gasteiger charge is 2.22. The van der Waals surface area contributed by atoms with Crippen LogP contribution in [0, 0.1) is 0 Å². The van der Waals surface area contributed by atoms with E-state index < -0.39 is 0 Å². The topological polar surface area (TPSA) is 70.3 Å². The number of nitrogens with zero attached hydrogens (tertiary/aromatic N) is 2. The Morgan fingerprint density at radius 2 is 1.94 bits per heavy atom. The van der Waals surface area contributed by atoms with E-state index in [0.29, 0.717) is 11.8 Å². The lowest BCUT2D eigenvalue weighted by molar-refractivity contribution is 0.154. The molecule has 1 fully saturated rings. The molecule has 0 radical (unpaired) electrons. The molecule has 94 valence electrons. The molecule has 0 bridgehead atoms. The van der Waals surface area contributed by atoms with Crippen molar-refractivity contribution in [3.05, 3.63) is 12.4 Å². The Morgan fingerprint density at radius 1 is 1.18 bits per heavy atom. The van der Waals surface area contributed by atoms with Gasteiger partial charge >= 0.3 is 0 Å². The van der Waals surface area contributed by atoms with Crippen molar-refractivity contribution in [1.82, 2.24) is 9.97 Å². The summed E-state index contributed by atoms with van der Waals surface area (Å²) >= 11 is 0. The summed E-state index contributed by atoms with van der Waals surface area (Å²) in [5.74, 6) is 0.955. The minimum atomic E-state index is 0.0407. The van der Waals surface area contributed by atoms with Crippen LogP contribution in [0.3, 0.4) is 0 Å². The molecule has 1 aliphatic carbocycles. The molecule has 2 atom stereocenters. The summed E-state index contributed by atoms with van der Waals surface area (Å²) in [5.41, 5.74) is 6.09. The molecule has 5 nitrogen and oxygen atoms in total. The molecule has 1 aromatic rings. The van der Waals surface area contributed by atoms with Crippen molar-refractivity contribution in [2.45, 2.75) is 44.2 Å². The Bertz CT molecular complexity index is 359. The van der Waals surface area contributed by atoms with Gasteiger partial charge < -0.3 is 15.2 Å². The number of aromatic nitrogens is 2. The van der Waals surface area contributed by atoms with E-state index in [2.05, 4.69) is 9.97 Å². The zero-order valence-corrected chi connectivity index (χ0v) is 10.1. The molecule has 1 aliphatic rings. The van der Waals surface area contributed by atoms with Crippen LogP contribution in [0.4, 0.5) is 0 Å². The Morgan fingerprint density at radius 3 is 2.76 bits per heavy atom. The van der Waals surface area contributed by atoms with Crippen molar-refractivity contribution < 1.29 is 9.47 Å². The Hall–Kier alpha value is -1.36. The summed E-state index contributed by atoms with van der Waals surface area (Å²) in [4.78, 5) is 8.20. The van der Waals surface area contributed by atoms with Gasteiger partial charge in [-0.3, -0.25) is 4.98 Å². The minimum Gasteiger partial charge on any atom is -0.480 e. The zero-order valence-electron chi connectivity index (χ0n) is 10.1.